The molecule has 0 spiro atoms. The summed E-state index contributed by atoms with van der Waals surface area (Å²) in [5.41, 5.74) is 0.877. The van der Waals surface area contributed by atoms with Crippen LogP contribution >= 0.6 is 27.5 Å². The molecule has 0 amide bonds. The van der Waals surface area contributed by atoms with Gasteiger partial charge in [-0.15, -0.1) is 0 Å². The minimum Gasteiger partial charge on any atom is -0.389 e. The lowest BCUT2D eigenvalue weighted by atomic mass is 10.3. The van der Waals surface area contributed by atoms with E-state index >= 15 is 0 Å². The SMILES string of the molecule is CC(C)OCC(O)CNc1ccc(Br)c(Cl)c1. The van der Waals surface area contributed by atoms with Gasteiger partial charge >= 0.3 is 0 Å². The summed E-state index contributed by atoms with van der Waals surface area (Å²) in [7, 11) is 0. The number of benzene rings is 1. The summed E-state index contributed by atoms with van der Waals surface area (Å²) in [6, 6.07) is 5.56. The van der Waals surface area contributed by atoms with Crippen LogP contribution < -0.4 is 5.32 Å². The normalized spacial score (nSPS) is 12.8. The van der Waals surface area contributed by atoms with Gasteiger partial charge in [0.15, 0.2) is 0 Å². The third-order valence-corrected chi connectivity index (χ3v) is 3.32. The average molecular weight is 323 g/mol. The van der Waals surface area contributed by atoms with Crippen LogP contribution in [0, 0.1) is 0 Å². The fourth-order valence-electron chi connectivity index (χ4n) is 1.20. The summed E-state index contributed by atoms with van der Waals surface area (Å²) in [6.45, 7) is 4.64. The predicted octanol–water partition coefficient (Wildman–Crippen LogP) is 3.30. The number of ether oxygens (including phenoxy) is 1. The van der Waals surface area contributed by atoms with Crippen LogP contribution in [0.2, 0.25) is 5.02 Å². The minimum absolute atomic E-state index is 0.131. The molecule has 1 aromatic carbocycles. The molecular weight excluding hydrogens is 305 g/mol. The molecule has 0 saturated carbocycles. The lowest BCUT2D eigenvalue weighted by Gasteiger charge is -2.15. The average Bonchev–Trinajstić information content (AvgIpc) is 2.28. The number of aliphatic hydroxyl groups is 1. The molecule has 17 heavy (non-hydrogen) atoms. The standard InChI is InChI=1S/C12H17BrClNO2/c1-8(2)17-7-10(16)6-15-9-3-4-11(13)12(14)5-9/h3-5,8,10,15-16H,6-7H2,1-2H3. The summed E-state index contributed by atoms with van der Waals surface area (Å²) < 4.78 is 6.17. The van der Waals surface area contributed by atoms with Gasteiger partial charge in [-0.2, -0.15) is 0 Å². The van der Waals surface area contributed by atoms with E-state index in [1.54, 1.807) is 0 Å². The lowest BCUT2D eigenvalue weighted by Crippen LogP contribution is -2.26. The first-order valence-electron chi connectivity index (χ1n) is 5.47. The van der Waals surface area contributed by atoms with Crippen molar-refractivity contribution in [3.05, 3.63) is 27.7 Å². The topological polar surface area (TPSA) is 41.5 Å². The number of aliphatic hydroxyl groups excluding tert-OH is 1. The Kier molecular flexibility index (Phi) is 6.27. The van der Waals surface area contributed by atoms with E-state index in [2.05, 4.69) is 21.2 Å². The van der Waals surface area contributed by atoms with Crippen molar-refractivity contribution in [1.82, 2.24) is 0 Å². The van der Waals surface area contributed by atoms with Crippen LogP contribution in [-0.4, -0.2) is 30.5 Å². The molecule has 1 unspecified atom stereocenters. The maximum atomic E-state index is 9.65. The van der Waals surface area contributed by atoms with E-state index in [9.17, 15) is 5.11 Å². The number of anilines is 1. The van der Waals surface area contributed by atoms with Crippen LogP contribution in [0.3, 0.4) is 0 Å². The molecule has 0 aliphatic rings. The van der Waals surface area contributed by atoms with Crippen LogP contribution in [0.5, 0.6) is 0 Å². The highest BCUT2D eigenvalue weighted by Gasteiger charge is 2.06. The van der Waals surface area contributed by atoms with Crippen LogP contribution in [0.4, 0.5) is 5.69 Å². The monoisotopic (exact) mass is 321 g/mol. The Morgan fingerprint density at radius 1 is 1.47 bits per heavy atom. The molecule has 0 radical (unpaired) electrons. The molecule has 0 saturated heterocycles. The van der Waals surface area contributed by atoms with Crippen LogP contribution in [0.1, 0.15) is 13.8 Å². The van der Waals surface area contributed by atoms with Crippen molar-refractivity contribution in [3.8, 4) is 0 Å². The summed E-state index contributed by atoms with van der Waals surface area (Å²) in [5.74, 6) is 0. The van der Waals surface area contributed by atoms with Gasteiger partial charge in [0.2, 0.25) is 0 Å². The summed E-state index contributed by atoms with van der Waals surface area (Å²) in [4.78, 5) is 0. The maximum absolute atomic E-state index is 9.65. The van der Waals surface area contributed by atoms with Crippen molar-refractivity contribution in [1.29, 1.82) is 0 Å². The Labute approximate surface area is 115 Å². The van der Waals surface area contributed by atoms with Crippen molar-refractivity contribution in [3.63, 3.8) is 0 Å². The number of hydrogen-bond acceptors (Lipinski definition) is 3. The molecule has 0 aliphatic carbocycles. The van der Waals surface area contributed by atoms with E-state index in [4.69, 9.17) is 16.3 Å². The molecule has 0 aromatic heterocycles. The first-order valence-corrected chi connectivity index (χ1v) is 6.64. The van der Waals surface area contributed by atoms with Crippen LogP contribution in [-0.2, 0) is 4.74 Å². The second-order valence-corrected chi connectivity index (χ2v) is 5.31. The summed E-state index contributed by atoms with van der Waals surface area (Å²) in [6.07, 6.45) is -0.397. The Balaban J connectivity index is 2.36. The molecule has 0 bridgehead atoms. The molecule has 1 rings (SSSR count). The first kappa shape index (κ1) is 14.8. The third-order valence-electron chi connectivity index (χ3n) is 2.08. The van der Waals surface area contributed by atoms with Crippen molar-refractivity contribution in [2.75, 3.05) is 18.5 Å². The van der Waals surface area contributed by atoms with E-state index in [-0.39, 0.29) is 6.10 Å². The van der Waals surface area contributed by atoms with Gasteiger partial charge in [0, 0.05) is 16.7 Å². The van der Waals surface area contributed by atoms with E-state index in [0.29, 0.717) is 18.2 Å². The molecule has 5 heteroatoms. The second-order valence-electron chi connectivity index (χ2n) is 4.05. The van der Waals surface area contributed by atoms with Gasteiger partial charge in [-0.1, -0.05) is 11.6 Å². The smallest absolute Gasteiger partial charge is 0.0945 e. The van der Waals surface area contributed by atoms with Gasteiger partial charge in [0.1, 0.15) is 0 Å². The molecule has 0 fully saturated rings. The Morgan fingerprint density at radius 2 is 2.18 bits per heavy atom. The van der Waals surface area contributed by atoms with E-state index < -0.39 is 6.10 Å². The number of nitrogens with one attached hydrogen (secondary N) is 1. The molecule has 2 N–H and O–H groups in total. The van der Waals surface area contributed by atoms with Gasteiger partial charge in [-0.05, 0) is 48.0 Å². The minimum atomic E-state index is -0.528. The Bertz CT molecular complexity index is 360. The van der Waals surface area contributed by atoms with Crippen molar-refractivity contribution < 1.29 is 9.84 Å². The Morgan fingerprint density at radius 3 is 2.76 bits per heavy atom. The first-order chi connectivity index (χ1) is 7.99. The highest BCUT2D eigenvalue weighted by molar-refractivity contribution is 9.10. The van der Waals surface area contributed by atoms with Gasteiger partial charge in [-0.3, -0.25) is 0 Å². The van der Waals surface area contributed by atoms with E-state index in [0.717, 1.165) is 10.2 Å². The van der Waals surface area contributed by atoms with Gasteiger partial charge in [0.05, 0.1) is 23.8 Å². The number of hydrogen-bond donors (Lipinski definition) is 2. The number of rotatable bonds is 6. The molecule has 3 nitrogen and oxygen atoms in total. The Hall–Kier alpha value is -0.290. The van der Waals surface area contributed by atoms with E-state index in [1.807, 2.05) is 32.0 Å². The van der Waals surface area contributed by atoms with E-state index in [1.165, 1.54) is 0 Å². The fraction of sp³-hybridized carbons (Fsp3) is 0.500. The van der Waals surface area contributed by atoms with Crippen molar-refractivity contribution >= 4 is 33.2 Å². The van der Waals surface area contributed by atoms with Crippen LogP contribution in [0.25, 0.3) is 0 Å². The van der Waals surface area contributed by atoms with Gasteiger partial charge in [0.25, 0.3) is 0 Å². The van der Waals surface area contributed by atoms with Gasteiger partial charge in [-0.25, -0.2) is 0 Å². The zero-order valence-electron chi connectivity index (χ0n) is 9.91. The van der Waals surface area contributed by atoms with Gasteiger partial charge < -0.3 is 15.2 Å². The highest BCUT2D eigenvalue weighted by atomic mass is 79.9. The molecular formula is C12H17BrClNO2. The zero-order chi connectivity index (χ0) is 12.8. The fourth-order valence-corrected chi connectivity index (χ4v) is 1.63. The molecule has 0 heterocycles. The predicted molar refractivity (Wildman–Crippen MR) is 74.7 cm³/mol. The molecule has 1 atom stereocenters. The molecule has 1 aromatic rings. The largest absolute Gasteiger partial charge is 0.389 e. The quantitative estimate of drug-likeness (QED) is 0.844. The lowest BCUT2D eigenvalue weighted by molar-refractivity contribution is 0.0112. The van der Waals surface area contributed by atoms with Crippen molar-refractivity contribution in [2.24, 2.45) is 0 Å². The van der Waals surface area contributed by atoms with Crippen molar-refractivity contribution in [2.45, 2.75) is 26.1 Å². The molecule has 0 aliphatic heterocycles. The maximum Gasteiger partial charge on any atom is 0.0945 e. The van der Waals surface area contributed by atoms with Crippen LogP contribution in [0.15, 0.2) is 22.7 Å². The number of halogens is 2. The summed E-state index contributed by atoms with van der Waals surface area (Å²) in [5, 5.41) is 13.4. The summed E-state index contributed by atoms with van der Waals surface area (Å²) >= 11 is 9.28. The molecule has 96 valence electrons. The highest BCUT2D eigenvalue weighted by Crippen LogP contribution is 2.25. The zero-order valence-corrected chi connectivity index (χ0v) is 12.3. The second kappa shape index (κ2) is 7.21. The third kappa shape index (κ3) is 5.73.